The van der Waals surface area contributed by atoms with E-state index >= 15 is 0 Å². The minimum Gasteiger partial charge on any atom is -0.396 e. The van der Waals surface area contributed by atoms with Crippen LogP contribution in [0.15, 0.2) is 0 Å². The van der Waals surface area contributed by atoms with E-state index < -0.39 is 24.7 Å². The van der Waals surface area contributed by atoms with Gasteiger partial charge in [-0.3, -0.25) is 10.6 Å². The highest BCUT2D eigenvalue weighted by atomic mass is 16.4. The summed E-state index contributed by atoms with van der Waals surface area (Å²) < 4.78 is 0. The molecule has 0 aliphatic heterocycles. The van der Waals surface area contributed by atoms with Crippen LogP contribution in [0.4, 0.5) is 0 Å². The number of rotatable bonds is 10. The van der Waals surface area contributed by atoms with Crippen molar-refractivity contribution in [1.82, 2.24) is 10.6 Å². The van der Waals surface area contributed by atoms with Gasteiger partial charge in [0.25, 0.3) is 0 Å². The van der Waals surface area contributed by atoms with Crippen molar-refractivity contribution in [3.63, 3.8) is 0 Å². The molecule has 0 aliphatic rings. The number of hydrogen-bond donors (Lipinski definition) is 8. The lowest BCUT2D eigenvalue weighted by Crippen LogP contribution is -2.63. The van der Waals surface area contributed by atoms with Gasteiger partial charge < -0.3 is 30.6 Å². The Hall–Kier alpha value is -0.320. The predicted molar refractivity (Wildman–Crippen MR) is 58.8 cm³/mol. The third kappa shape index (κ3) is 5.23. The average molecular weight is 254 g/mol. The summed E-state index contributed by atoms with van der Waals surface area (Å²) in [6.45, 7) is -0.867. The second-order valence-electron chi connectivity index (χ2n) is 3.63. The highest BCUT2D eigenvalue weighted by Crippen LogP contribution is 2.17. The summed E-state index contributed by atoms with van der Waals surface area (Å²) in [4.78, 5) is 0. The minimum atomic E-state index is -2.01. The van der Waals surface area contributed by atoms with E-state index in [2.05, 4.69) is 10.6 Å². The van der Waals surface area contributed by atoms with Crippen molar-refractivity contribution in [2.45, 2.75) is 24.5 Å². The van der Waals surface area contributed by atoms with Crippen molar-refractivity contribution in [3.8, 4) is 0 Å². The zero-order chi connectivity index (χ0) is 13.3. The van der Waals surface area contributed by atoms with E-state index in [9.17, 15) is 15.3 Å². The molecule has 8 nitrogen and oxygen atoms in total. The Kier molecular flexibility index (Phi) is 8.56. The zero-order valence-corrected chi connectivity index (χ0v) is 9.58. The van der Waals surface area contributed by atoms with Crippen LogP contribution in [0.25, 0.3) is 0 Å². The molecule has 0 amide bonds. The van der Waals surface area contributed by atoms with Crippen molar-refractivity contribution in [2.75, 3.05) is 32.9 Å². The molecule has 2 unspecified atom stereocenters. The van der Waals surface area contributed by atoms with Crippen molar-refractivity contribution < 1.29 is 30.6 Å². The molecule has 104 valence electrons. The Labute approximate surface area is 99.5 Å². The minimum absolute atomic E-state index is 0.0294. The van der Waals surface area contributed by atoms with Crippen molar-refractivity contribution in [3.05, 3.63) is 0 Å². The molecule has 8 heteroatoms. The van der Waals surface area contributed by atoms with Gasteiger partial charge in [0.2, 0.25) is 0 Å². The zero-order valence-electron chi connectivity index (χ0n) is 9.58. The van der Waals surface area contributed by atoms with Crippen molar-refractivity contribution in [1.29, 1.82) is 0 Å². The largest absolute Gasteiger partial charge is 0.396 e. The lowest BCUT2D eigenvalue weighted by molar-refractivity contribution is -0.174. The standard InChI is InChI=1S/C9H22N2O6/c12-4-1-9(17,7(15)10-2-5-13)8(16)11-3-6-14/h7-8,10-17H,1-6H2. The Bertz CT molecular complexity index is 180. The van der Waals surface area contributed by atoms with Crippen LogP contribution in [-0.4, -0.2) is 81.6 Å². The summed E-state index contributed by atoms with van der Waals surface area (Å²) in [6, 6.07) is 0. The van der Waals surface area contributed by atoms with Crippen LogP contribution in [0.1, 0.15) is 6.42 Å². The van der Waals surface area contributed by atoms with Gasteiger partial charge in [0.05, 0.1) is 13.2 Å². The highest BCUT2D eigenvalue weighted by molar-refractivity contribution is 4.90. The van der Waals surface area contributed by atoms with E-state index in [1.54, 1.807) is 0 Å². The lowest BCUT2D eigenvalue weighted by atomic mass is 9.95. The fraction of sp³-hybridized carbons (Fsp3) is 1.00. The van der Waals surface area contributed by atoms with Gasteiger partial charge in [0, 0.05) is 26.1 Å². The summed E-state index contributed by atoms with van der Waals surface area (Å²) in [5.74, 6) is 0. The maximum absolute atomic E-state index is 10.1. The van der Waals surface area contributed by atoms with Crippen LogP contribution >= 0.6 is 0 Å². The second-order valence-corrected chi connectivity index (χ2v) is 3.63. The molecule has 0 fully saturated rings. The van der Waals surface area contributed by atoms with Gasteiger partial charge in [-0.05, 0) is 0 Å². The number of aliphatic hydroxyl groups is 6. The quantitative estimate of drug-likeness (QED) is 0.184. The summed E-state index contributed by atoms with van der Waals surface area (Å²) in [5, 5.41) is 60.1. The van der Waals surface area contributed by atoms with Gasteiger partial charge in [-0.15, -0.1) is 0 Å². The van der Waals surface area contributed by atoms with E-state index in [0.29, 0.717) is 0 Å². The third-order valence-electron chi connectivity index (χ3n) is 2.36. The molecule has 0 saturated heterocycles. The molecule has 2 atom stereocenters. The third-order valence-corrected chi connectivity index (χ3v) is 2.36. The van der Waals surface area contributed by atoms with Crippen LogP contribution < -0.4 is 10.6 Å². The molecule has 0 aromatic carbocycles. The van der Waals surface area contributed by atoms with Gasteiger partial charge in [0.15, 0.2) is 0 Å². The molecule has 0 rings (SSSR count). The van der Waals surface area contributed by atoms with E-state index in [0.717, 1.165) is 0 Å². The Morgan fingerprint density at radius 1 is 0.824 bits per heavy atom. The Morgan fingerprint density at radius 2 is 1.24 bits per heavy atom. The molecule has 0 aromatic rings. The molecular formula is C9H22N2O6. The van der Waals surface area contributed by atoms with Gasteiger partial charge in [0.1, 0.15) is 18.1 Å². The molecule has 17 heavy (non-hydrogen) atoms. The number of nitrogens with one attached hydrogen (secondary N) is 2. The summed E-state index contributed by atoms with van der Waals surface area (Å²) >= 11 is 0. The normalized spacial score (nSPS) is 18.7. The first-order chi connectivity index (χ1) is 8.02. The van der Waals surface area contributed by atoms with Crippen molar-refractivity contribution in [2.24, 2.45) is 0 Å². The smallest absolute Gasteiger partial charge is 0.145 e. The molecule has 0 heterocycles. The molecule has 0 bridgehead atoms. The second kappa shape index (κ2) is 8.72. The molecule has 8 N–H and O–H groups in total. The fourth-order valence-electron chi connectivity index (χ4n) is 1.36. The van der Waals surface area contributed by atoms with E-state index in [4.69, 9.17) is 15.3 Å². The summed E-state index contributed by atoms with van der Waals surface area (Å²) in [6.07, 6.45) is -3.32. The van der Waals surface area contributed by atoms with E-state index in [1.165, 1.54) is 0 Å². The molecule has 0 saturated carbocycles. The Balaban J connectivity index is 4.50. The van der Waals surface area contributed by atoms with Crippen LogP contribution in [-0.2, 0) is 0 Å². The van der Waals surface area contributed by atoms with Gasteiger partial charge in [-0.2, -0.15) is 0 Å². The first-order valence-electron chi connectivity index (χ1n) is 5.40. The molecule has 0 aromatic heterocycles. The molecule has 0 spiro atoms. The molecule has 0 aliphatic carbocycles. The van der Waals surface area contributed by atoms with Crippen LogP contribution in [0.2, 0.25) is 0 Å². The monoisotopic (exact) mass is 254 g/mol. The summed E-state index contributed by atoms with van der Waals surface area (Å²) in [5.41, 5.74) is -2.01. The first kappa shape index (κ1) is 16.7. The number of hydrogen-bond acceptors (Lipinski definition) is 8. The number of aliphatic hydroxyl groups excluding tert-OH is 5. The van der Waals surface area contributed by atoms with Gasteiger partial charge in [-0.25, -0.2) is 0 Å². The van der Waals surface area contributed by atoms with Crippen LogP contribution in [0.5, 0.6) is 0 Å². The summed E-state index contributed by atoms with van der Waals surface area (Å²) in [7, 11) is 0. The Morgan fingerprint density at radius 3 is 1.53 bits per heavy atom. The molecular weight excluding hydrogens is 232 g/mol. The molecule has 0 radical (unpaired) electrons. The van der Waals surface area contributed by atoms with Crippen LogP contribution in [0.3, 0.4) is 0 Å². The maximum Gasteiger partial charge on any atom is 0.145 e. The van der Waals surface area contributed by atoms with E-state index in [1.807, 2.05) is 0 Å². The van der Waals surface area contributed by atoms with E-state index in [-0.39, 0.29) is 32.7 Å². The predicted octanol–water partition coefficient (Wildman–Crippen LogP) is -4.10. The van der Waals surface area contributed by atoms with Gasteiger partial charge in [-0.1, -0.05) is 0 Å². The average Bonchev–Trinajstić information content (AvgIpc) is 2.32. The van der Waals surface area contributed by atoms with Crippen LogP contribution in [0, 0.1) is 0 Å². The first-order valence-corrected chi connectivity index (χ1v) is 5.40. The maximum atomic E-state index is 10.1. The van der Waals surface area contributed by atoms with Crippen molar-refractivity contribution >= 4 is 0 Å². The van der Waals surface area contributed by atoms with Gasteiger partial charge >= 0.3 is 0 Å². The SMILES string of the molecule is OCCNC(O)C(O)(CCO)C(O)NCCO. The fourth-order valence-corrected chi connectivity index (χ4v) is 1.36. The lowest BCUT2D eigenvalue weighted by Gasteiger charge is -2.37. The topological polar surface area (TPSA) is 145 Å². The highest BCUT2D eigenvalue weighted by Gasteiger charge is 2.42.